The molecule has 1 aliphatic rings. The van der Waals surface area contributed by atoms with Crippen molar-refractivity contribution < 1.29 is 19.4 Å². The second-order valence-corrected chi connectivity index (χ2v) is 3.95. The third-order valence-electron chi connectivity index (χ3n) is 2.66. The highest BCUT2D eigenvalue weighted by Crippen LogP contribution is 2.15. The number of amides is 2. The molecule has 0 saturated carbocycles. The van der Waals surface area contributed by atoms with Crippen LogP contribution in [0.15, 0.2) is 24.3 Å². The number of benzene rings is 1. The number of rotatable bonds is 1. The van der Waals surface area contributed by atoms with Crippen LogP contribution in [0.3, 0.4) is 0 Å². The number of β-amino-alcohol motifs (C(OH)–C–C–N with tert-alkyl or cyclic N) is 2. The van der Waals surface area contributed by atoms with E-state index in [0.717, 1.165) is 0 Å². The fourth-order valence-electron chi connectivity index (χ4n) is 1.69. The van der Waals surface area contributed by atoms with Gasteiger partial charge in [-0.1, -0.05) is 12.1 Å². The first-order valence-corrected chi connectivity index (χ1v) is 5.24. The van der Waals surface area contributed by atoms with Crippen molar-refractivity contribution in [1.29, 1.82) is 0 Å². The van der Waals surface area contributed by atoms with Crippen LogP contribution < -0.4 is 5.32 Å². The number of hydrogen-bond donors (Lipinski definition) is 3. The third-order valence-corrected chi connectivity index (χ3v) is 2.66. The van der Waals surface area contributed by atoms with Crippen LogP contribution in [0, 0.1) is 5.82 Å². The molecule has 1 aliphatic heterocycles. The predicted molar refractivity (Wildman–Crippen MR) is 59.0 cm³/mol. The molecule has 2 rings (SSSR count). The van der Waals surface area contributed by atoms with Gasteiger partial charge in [-0.2, -0.15) is 0 Å². The number of halogens is 1. The van der Waals surface area contributed by atoms with Crippen LogP contribution in [0.25, 0.3) is 0 Å². The Morgan fingerprint density at radius 1 is 1.29 bits per heavy atom. The minimum absolute atomic E-state index is 0.0431. The maximum absolute atomic E-state index is 13.3. The Morgan fingerprint density at radius 2 is 1.88 bits per heavy atom. The molecule has 5 nitrogen and oxygen atoms in total. The van der Waals surface area contributed by atoms with E-state index in [4.69, 9.17) is 0 Å². The first-order valence-electron chi connectivity index (χ1n) is 5.24. The summed E-state index contributed by atoms with van der Waals surface area (Å²) in [5.41, 5.74) is 0.0772. The Bertz CT molecular complexity index is 417. The Hall–Kier alpha value is -1.66. The second kappa shape index (κ2) is 4.68. The molecule has 1 heterocycles. The molecule has 0 aromatic heterocycles. The standard InChI is InChI=1S/C11H13FN2O3/c12-7-3-1-2-4-8(7)13-11(17)14-5-9(15)10(16)6-14/h1-4,9-10,15-16H,5-6H2,(H,13,17)/t9-,10+. The Kier molecular flexibility index (Phi) is 3.26. The molecule has 6 heteroatoms. The molecule has 3 N–H and O–H groups in total. The van der Waals surface area contributed by atoms with Crippen LogP contribution in [0.5, 0.6) is 0 Å². The summed E-state index contributed by atoms with van der Waals surface area (Å²) < 4.78 is 13.3. The number of urea groups is 1. The summed E-state index contributed by atoms with van der Waals surface area (Å²) >= 11 is 0. The highest BCUT2D eigenvalue weighted by molar-refractivity contribution is 5.89. The van der Waals surface area contributed by atoms with E-state index in [1.165, 1.54) is 23.1 Å². The molecule has 1 fully saturated rings. The van der Waals surface area contributed by atoms with Crippen molar-refractivity contribution in [3.8, 4) is 0 Å². The summed E-state index contributed by atoms with van der Waals surface area (Å²) in [6.45, 7) is 0.0862. The van der Waals surface area contributed by atoms with Crippen LogP contribution in [-0.4, -0.2) is 46.4 Å². The number of likely N-dealkylation sites (tertiary alicyclic amines) is 1. The van der Waals surface area contributed by atoms with Gasteiger partial charge in [0.05, 0.1) is 31.0 Å². The van der Waals surface area contributed by atoms with E-state index in [1.807, 2.05) is 0 Å². The fraction of sp³-hybridized carbons (Fsp3) is 0.364. The van der Waals surface area contributed by atoms with Crippen molar-refractivity contribution in [2.24, 2.45) is 0 Å². The summed E-state index contributed by atoms with van der Waals surface area (Å²) in [5.74, 6) is -0.527. The largest absolute Gasteiger partial charge is 0.388 e. The summed E-state index contributed by atoms with van der Waals surface area (Å²) in [6.07, 6.45) is -1.89. The van der Waals surface area contributed by atoms with Crippen LogP contribution in [0.2, 0.25) is 0 Å². The second-order valence-electron chi connectivity index (χ2n) is 3.95. The van der Waals surface area contributed by atoms with Crippen LogP contribution in [0.1, 0.15) is 0 Å². The Morgan fingerprint density at radius 3 is 2.47 bits per heavy atom. The van der Waals surface area contributed by atoms with Gasteiger partial charge < -0.3 is 20.4 Å². The maximum Gasteiger partial charge on any atom is 0.322 e. The highest BCUT2D eigenvalue weighted by Gasteiger charge is 2.32. The monoisotopic (exact) mass is 240 g/mol. The lowest BCUT2D eigenvalue weighted by Gasteiger charge is -2.16. The molecule has 1 aromatic carbocycles. The first-order chi connectivity index (χ1) is 8.08. The van der Waals surface area contributed by atoms with Gasteiger partial charge in [0.25, 0.3) is 0 Å². The van der Waals surface area contributed by atoms with Crippen molar-refractivity contribution in [3.05, 3.63) is 30.1 Å². The average molecular weight is 240 g/mol. The van der Waals surface area contributed by atoms with Gasteiger partial charge in [-0.15, -0.1) is 0 Å². The van der Waals surface area contributed by atoms with E-state index in [2.05, 4.69) is 5.32 Å². The van der Waals surface area contributed by atoms with Gasteiger partial charge in [-0.3, -0.25) is 0 Å². The SMILES string of the molecule is O=C(Nc1ccccc1F)N1C[C@@H](O)[C@@H](O)C1. The lowest BCUT2D eigenvalue weighted by Crippen LogP contribution is -2.34. The summed E-state index contributed by atoms with van der Waals surface area (Å²) in [5, 5.41) is 21.0. The lowest BCUT2D eigenvalue weighted by molar-refractivity contribution is 0.0572. The minimum Gasteiger partial charge on any atom is -0.388 e. The molecule has 0 unspecified atom stereocenters. The molecule has 0 bridgehead atoms. The quantitative estimate of drug-likeness (QED) is 0.665. The number of aliphatic hydroxyl groups is 2. The zero-order chi connectivity index (χ0) is 12.4. The van der Waals surface area contributed by atoms with Crippen molar-refractivity contribution in [1.82, 2.24) is 4.90 Å². The summed E-state index contributed by atoms with van der Waals surface area (Å²) in [7, 11) is 0. The molecule has 17 heavy (non-hydrogen) atoms. The minimum atomic E-state index is -0.943. The topological polar surface area (TPSA) is 72.8 Å². The lowest BCUT2D eigenvalue weighted by atomic mass is 10.3. The molecular formula is C11H13FN2O3. The smallest absolute Gasteiger partial charge is 0.322 e. The first kappa shape index (κ1) is 11.8. The normalized spacial score (nSPS) is 23.8. The van der Waals surface area contributed by atoms with Crippen molar-refractivity contribution >= 4 is 11.7 Å². The number of hydrogen-bond acceptors (Lipinski definition) is 3. The molecule has 1 aromatic rings. The Balaban J connectivity index is 2.01. The van der Waals surface area contributed by atoms with Crippen LogP contribution >= 0.6 is 0 Å². The fourth-order valence-corrected chi connectivity index (χ4v) is 1.69. The van der Waals surface area contributed by atoms with Gasteiger partial charge in [0, 0.05) is 0 Å². The highest BCUT2D eigenvalue weighted by atomic mass is 19.1. The number of carbonyl (C=O) groups is 1. The van der Waals surface area contributed by atoms with E-state index in [-0.39, 0.29) is 18.8 Å². The van der Waals surface area contributed by atoms with E-state index >= 15 is 0 Å². The molecule has 0 spiro atoms. The zero-order valence-corrected chi connectivity index (χ0v) is 9.01. The number of anilines is 1. The van der Waals surface area contributed by atoms with E-state index in [0.29, 0.717) is 0 Å². The van der Waals surface area contributed by atoms with E-state index in [9.17, 15) is 19.4 Å². The molecule has 0 radical (unpaired) electrons. The predicted octanol–water partition coefficient (Wildman–Crippen LogP) is 0.395. The van der Waals surface area contributed by atoms with Gasteiger partial charge in [0.15, 0.2) is 0 Å². The summed E-state index contributed by atoms with van der Waals surface area (Å²) in [6, 6.07) is 5.27. The number of aliphatic hydroxyl groups excluding tert-OH is 2. The number of nitrogens with zero attached hydrogens (tertiary/aromatic N) is 1. The van der Waals surface area contributed by atoms with Crippen molar-refractivity contribution in [3.63, 3.8) is 0 Å². The molecule has 92 valence electrons. The van der Waals surface area contributed by atoms with Gasteiger partial charge in [-0.05, 0) is 12.1 Å². The van der Waals surface area contributed by atoms with Crippen molar-refractivity contribution in [2.45, 2.75) is 12.2 Å². The number of nitrogens with one attached hydrogen (secondary N) is 1. The molecule has 0 aliphatic carbocycles. The van der Waals surface area contributed by atoms with Crippen LogP contribution in [-0.2, 0) is 0 Å². The number of carbonyl (C=O) groups excluding carboxylic acids is 1. The zero-order valence-electron chi connectivity index (χ0n) is 9.01. The number of para-hydroxylation sites is 1. The van der Waals surface area contributed by atoms with Gasteiger partial charge in [0.1, 0.15) is 5.82 Å². The van der Waals surface area contributed by atoms with Gasteiger partial charge in [-0.25, -0.2) is 9.18 Å². The van der Waals surface area contributed by atoms with E-state index in [1.54, 1.807) is 6.07 Å². The third kappa shape index (κ3) is 2.54. The average Bonchev–Trinajstić information content (AvgIpc) is 2.63. The molecule has 1 saturated heterocycles. The van der Waals surface area contributed by atoms with Gasteiger partial charge in [0.2, 0.25) is 0 Å². The van der Waals surface area contributed by atoms with Crippen LogP contribution in [0.4, 0.5) is 14.9 Å². The maximum atomic E-state index is 13.3. The molecular weight excluding hydrogens is 227 g/mol. The van der Waals surface area contributed by atoms with E-state index < -0.39 is 24.1 Å². The van der Waals surface area contributed by atoms with Crippen molar-refractivity contribution in [2.75, 3.05) is 18.4 Å². The summed E-state index contributed by atoms with van der Waals surface area (Å²) in [4.78, 5) is 12.9. The molecule has 2 atom stereocenters. The Labute approximate surface area is 97.5 Å². The molecule has 2 amide bonds. The van der Waals surface area contributed by atoms with Gasteiger partial charge >= 0.3 is 6.03 Å².